The maximum atomic E-state index is 4.57. The average Bonchev–Trinajstić information content (AvgIpc) is 3.19. The van der Waals surface area contributed by atoms with Gasteiger partial charge in [0.15, 0.2) is 0 Å². The van der Waals surface area contributed by atoms with Gasteiger partial charge in [-0.1, -0.05) is 32.9 Å². The van der Waals surface area contributed by atoms with E-state index in [9.17, 15) is 0 Å². The predicted molar refractivity (Wildman–Crippen MR) is 113 cm³/mol. The fourth-order valence-corrected chi connectivity index (χ4v) is 3.70. The normalized spacial score (nSPS) is 11.7. The van der Waals surface area contributed by atoms with Gasteiger partial charge in [-0.25, -0.2) is 0 Å². The molecular weight excluding hydrogens is 539 g/mol. The molecule has 153 valence electrons. The van der Waals surface area contributed by atoms with E-state index in [1.165, 1.54) is 16.7 Å². The largest absolute Gasteiger partial charge is 0.349 e. The molecule has 0 atom stereocenters. The van der Waals surface area contributed by atoms with Gasteiger partial charge in [-0.2, -0.15) is 5.10 Å². The molecule has 0 N–H and O–H groups in total. The van der Waals surface area contributed by atoms with E-state index in [1.807, 2.05) is 24.7 Å². The summed E-state index contributed by atoms with van der Waals surface area (Å²) in [6.07, 6.45) is 1.61. The third-order valence-electron chi connectivity index (χ3n) is 5.39. The van der Waals surface area contributed by atoms with E-state index in [1.54, 1.807) is 6.33 Å². The maximum Gasteiger partial charge on any atom is 0.127 e. The molecule has 0 unspecified atom stereocenters. The Labute approximate surface area is 185 Å². The van der Waals surface area contributed by atoms with E-state index >= 15 is 0 Å². The van der Waals surface area contributed by atoms with E-state index in [0.717, 1.165) is 33.9 Å². The summed E-state index contributed by atoms with van der Waals surface area (Å²) >= 11 is 0. The van der Waals surface area contributed by atoms with Crippen LogP contribution in [-0.2, 0) is 32.6 Å². The van der Waals surface area contributed by atoms with Crippen molar-refractivity contribution >= 4 is 11.0 Å². The molecule has 0 aliphatic carbocycles. The van der Waals surface area contributed by atoms with Crippen molar-refractivity contribution in [2.24, 2.45) is 7.05 Å². The van der Waals surface area contributed by atoms with Crippen LogP contribution in [0.25, 0.3) is 28.1 Å². The average molecular weight is 565 g/mol. The zero-order valence-electron chi connectivity index (χ0n) is 18.0. The molecule has 2 heterocycles. The van der Waals surface area contributed by atoms with Crippen LogP contribution in [0.15, 0.2) is 30.6 Å². The summed E-state index contributed by atoms with van der Waals surface area (Å²) in [4.78, 5) is 9.12. The van der Waals surface area contributed by atoms with E-state index in [-0.39, 0.29) is 25.5 Å². The van der Waals surface area contributed by atoms with Crippen molar-refractivity contribution in [2.75, 3.05) is 0 Å². The van der Waals surface area contributed by atoms with Gasteiger partial charge < -0.3 is 4.57 Å². The number of rotatable bonds is 2. The number of aryl methyl sites for hydroxylation is 4. The van der Waals surface area contributed by atoms with Crippen LogP contribution < -0.4 is 0 Å². The van der Waals surface area contributed by atoms with Crippen molar-refractivity contribution < 1.29 is 20.1 Å². The minimum atomic E-state index is 0. The zero-order valence-corrected chi connectivity index (χ0v) is 20.4. The van der Waals surface area contributed by atoms with Crippen LogP contribution in [0.3, 0.4) is 0 Å². The Morgan fingerprint density at radius 3 is 2.28 bits per heavy atom. The number of benzene rings is 2. The molecule has 0 aliphatic rings. The molecular formula is C23H26IrN5-. The van der Waals surface area contributed by atoms with E-state index < -0.39 is 0 Å². The number of hydrogen-bond donors (Lipinski definition) is 0. The Bertz CT molecular complexity index is 1170. The first-order valence-electron chi connectivity index (χ1n) is 9.54. The zero-order chi connectivity index (χ0) is 20.2. The van der Waals surface area contributed by atoms with Gasteiger partial charge in [0.2, 0.25) is 0 Å². The molecule has 0 aliphatic heterocycles. The Morgan fingerprint density at radius 2 is 1.66 bits per heavy atom. The quantitative estimate of drug-likeness (QED) is 0.328. The van der Waals surface area contributed by atoms with Gasteiger partial charge >= 0.3 is 0 Å². The number of hydrogen-bond acceptors (Lipinski definition) is 3. The van der Waals surface area contributed by atoms with Crippen molar-refractivity contribution in [1.82, 2.24) is 24.3 Å². The molecule has 0 amide bonds. The molecule has 2 aromatic carbocycles. The standard InChI is InChI=1S/C23H26N5.Ir/c1-14-10-18(23(4,5)6)11-15(2)21(14)28-22(24-13-25-28)17-8-9-19-20(12-17)27(7)16(3)26-19;/h9-13H,1-7H3;/q-1;. The monoisotopic (exact) mass is 565 g/mol. The van der Waals surface area contributed by atoms with Crippen LogP contribution in [0.1, 0.15) is 43.3 Å². The predicted octanol–water partition coefficient (Wildman–Crippen LogP) is 4.84. The summed E-state index contributed by atoms with van der Waals surface area (Å²) in [5.41, 5.74) is 7.81. The molecule has 0 spiro atoms. The maximum absolute atomic E-state index is 4.57. The molecule has 0 saturated heterocycles. The SMILES string of the molecule is Cc1cc(C(C)(C)C)cc(C)c1-n1ncnc1-c1[c-]cc2nc(C)n(C)c2c1.[Ir]. The topological polar surface area (TPSA) is 48.5 Å². The van der Waals surface area contributed by atoms with E-state index in [2.05, 4.69) is 78.5 Å². The second-order valence-corrected chi connectivity index (χ2v) is 8.54. The van der Waals surface area contributed by atoms with Crippen LogP contribution in [0, 0.1) is 26.8 Å². The summed E-state index contributed by atoms with van der Waals surface area (Å²) in [5, 5.41) is 4.55. The molecule has 0 fully saturated rings. The molecule has 1 radical (unpaired) electrons. The first-order chi connectivity index (χ1) is 13.2. The van der Waals surface area contributed by atoms with Crippen LogP contribution in [-0.4, -0.2) is 24.3 Å². The van der Waals surface area contributed by atoms with Gasteiger partial charge in [-0.15, -0.1) is 23.8 Å². The van der Waals surface area contributed by atoms with Crippen LogP contribution >= 0.6 is 0 Å². The Balaban J connectivity index is 0.00000240. The number of fused-ring (bicyclic) bond motifs is 1. The van der Waals surface area contributed by atoms with Crippen LogP contribution in [0.2, 0.25) is 0 Å². The van der Waals surface area contributed by atoms with Gasteiger partial charge in [0.25, 0.3) is 0 Å². The molecule has 6 heteroatoms. The Morgan fingerprint density at radius 1 is 1.00 bits per heavy atom. The first kappa shape index (κ1) is 21.4. The van der Waals surface area contributed by atoms with E-state index in [4.69, 9.17) is 0 Å². The molecule has 4 rings (SSSR count). The second-order valence-electron chi connectivity index (χ2n) is 8.54. The summed E-state index contributed by atoms with van der Waals surface area (Å²) < 4.78 is 4.01. The second kappa shape index (κ2) is 7.51. The first-order valence-corrected chi connectivity index (χ1v) is 9.54. The summed E-state index contributed by atoms with van der Waals surface area (Å²) in [6.45, 7) is 13.0. The van der Waals surface area contributed by atoms with Crippen molar-refractivity contribution in [3.05, 3.63) is 59.2 Å². The summed E-state index contributed by atoms with van der Waals surface area (Å²) in [6, 6.07) is 11.9. The van der Waals surface area contributed by atoms with Crippen molar-refractivity contribution in [3.8, 4) is 17.1 Å². The Hall–Kier alpha value is -2.30. The van der Waals surface area contributed by atoms with Gasteiger partial charge in [0, 0.05) is 32.7 Å². The third-order valence-corrected chi connectivity index (χ3v) is 5.39. The van der Waals surface area contributed by atoms with Gasteiger partial charge in [0.1, 0.15) is 6.33 Å². The van der Waals surface area contributed by atoms with Gasteiger partial charge in [-0.05, 0) is 48.4 Å². The minimum Gasteiger partial charge on any atom is -0.349 e. The van der Waals surface area contributed by atoms with Crippen molar-refractivity contribution in [2.45, 2.75) is 47.0 Å². The molecule has 5 nitrogen and oxygen atoms in total. The van der Waals surface area contributed by atoms with Crippen molar-refractivity contribution in [3.63, 3.8) is 0 Å². The number of nitrogens with zero attached hydrogens (tertiary/aromatic N) is 5. The third kappa shape index (κ3) is 3.67. The fraction of sp³-hybridized carbons (Fsp3) is 0.348. The number of aromatic nitrogens is 5. The summed E-state index contributed by atoms with van der Waals surface area (Å²) in [7, 11) is 2.03. The Kier molecular flexibility index (Phi) is 5.54. The molecule has 0 bridgehead atoms. The van der Waals surface area contributed by atoms with Crippen LogP contribution in [0.5, 0.6) is 0 Å². The number of imidazole rings is 1. The van der Waals surface area contributed by atoms with Crippen LogP contribution in [0.4, 0.5) is 0 Å². The smallest absolute Gasteiger partial charge is 0.127 e. The van der Waals surface area contributed by atoms with E-state index in [0.29, 0.717) is 0 Å². The molecule has 2 aromatic heterocycles. The fourth-order valence-electron chi connectivity index (χ4n) is 3.70. The summed E-state index contributed by atoms with van der Waals surface area (Å²) in [5.74, 6) is 1.77. The molecule has 29 heavy (non-hydrogen) atoms. The van der Waals surface area contributed by atoms with Crippen molar-refractivity contribution in [1.29, 1.82) is 0 Å². The van der Waals surface area contributed by atoms with Gasteiger partial charge in [-0.3, -0.25) is 14.6 Å². The molecule has 0 saturated carbocycles. The minimum absolute atomic E-state index is 0. The van der Waals surface area contributed by atoms with Gasteiger partial charge in [0.05, 0.1) is 17.3 Å². The molecule has 4 aromatic rings.